The third-order valence-electron chi connectivity index (χ3n) is 4.35. The fraction of sp³-hybridized carbons (Fsp3) is 0.421. The average molecular weight is 328 g/mol. The number of piperidine rings is 1. The Labute approximate surface area is 142 Å². The highest BCUT2D eigenvalue weighted by atomic mass is 32.2. The van der Waals surface area contributed by atoms with E-state index in [-0.39, 0.29) is 11.8 Å². The number of nitrogens with one attached hydrogen (secondary N) is 2. The topological polar surface area (TPSA) is 41.1 Å². The standard InChI is InChI=1S/C19H24N2OS/c22-19(16-8-4-10-20-13-16)21-11-12-23-14-17-7-3-6-15-5-1-2-9-18(15)17/h1-3,5-7,9,16,20H,4,8,10-14H2,(H,21,22). The van der Waals surface area contributed by atoms with E-state index in [1.54, 1.807) is 0 Å². The van der Waals surface area contributed by atoms with Crippen LogP contribution in [0.3, 0.4) is 0 Å². The van der Waals surface area contributed by atoms with Gasteiger partial charge in [-0.3, -0.25) is 4.79 Å². The van der Waals surface area contributed by atoms with Gasteiger partial charge in [-0.15, -0.1) is 0 Å². The maximum atomic E-state index is 12.0. The van der Waals surface area contributed by atoms with Crippen molar-refractivity contribution in [2.45, 2.75) is 18.6 Å². The van der Waals surface area contributed by atoms with Crippen molar-refractivity contribution in [1.29, 1.82) is 0 Å². The zero-order chi connectivity index (χ0) is 15.9. The van der Waals surface area contributed by atoms with Gasteiger partial charge in [0.1, 0.15) is 0 Å². The van der Waals surface area contributed by atoms with E-state index in [9.17, 15) is 4.79 Å². The Morgan fingerprint density at radius 2 is 2.09 bits per heavy atom. The van der Waals surface area contributed by atoms with Gasteiger partial charge in [-0.05, 0) is 35.7 Å². The van der Waals surface area contributed by atoms with Crippen LogP contribution < -0.4 is 10.6 Å². The van der Waals surface area contributed by atoms with E-state index in [1.165, 1.54) is 16.3 Å². The van der Waals surface area contributed by atoms with Crippen molar-refractivity contribution in [2.24, 2.45) is 5.92 Å². The molecule has 2 aromatic carbocycles. The Balaban J connectivity index is 1.42. The van der Waals surface area contributed by atoms with Crippen LogP contribution in [0.15, 0.2) is 42.5 Å². The molecule has 0 bridgehead atoms. The molecule has 1 unspecified atom stereocenters. The van der Waals surface area contributed by atoms with Gasteiger partial charge in [0.25, 0.3) is 0 Å². The van der Waals surface area contributed by atoms with Crippen LogP contribution in [0.25, 0.3) is 10.8 Å². The van der Waals surface area contributed by atoms with Crippen LogP contribution in [-0.2, 0) is 10.5 Å². The number of carbonyl (C=O) groups is 1. The molecule has 122 valence electrons. The van der Waals surface area contributed by atoms with E-state index in [4.69, 9.17) is 0 Å². The maximum absolute atomic E-state index is 12.0. The third-order valence-corrected chi connectivity index (χ3v) is 5.36. The summed E-state index contributed by atoms with van der Waals surface area (Å²) in [5, 5.41) is 8.99. The van der Waals surface area contributed by atoms with E-state index in [2.05, 4.69) is 53.1 Å². The fourth-order valence-electron chi connectivity index (χ4n) is 3.07. The molecule has 4 heteroatoms. The van der Waals surface area contributed by atoms with Crippen molar-refractivity contribution < 1.29 is 4.79 Å². The molecule has 1 saturated heterocycles. The number of benzene rings is 2. The van der Waals surface area contributed by atoms with Crippen molar-refractivity contribution >= 4 is 28.4 Å². The molecule has 0 saturated carbocycles. The zero-order valence-electron chi connectivity index (χ0n) is 13.4. The molecule has 0 radical (unpaired) electrons. The number of hydrogen-bond donors (Lipinski definition) is 2. The van der Waals surface area contributed by atoms with Gasteiger partial charge in [0.15, 0.2) is 0 Å². The maximum Gasteiger partial charge on any atom is 0.224 e. The van der Waals surface area contributed by atoms with Gasteiger partial charge in [0.05, 0.1) is 5.92 Å². The third kappa shape index (κ3) is 4.49. The van der Waals surface area contributed by atoms with Crippen LogP contribution in [0, 0.1) is 5.92 Å². The number of hydrogen-bond acceptors (Lipinski definition) is 3. The highest BCUT2D eigenvalue weighted by Crippen LogP contribution is 2.22. The quantitative estimate of drug-likeness (QED) is 0.800. The summed E-state index contributed by atoms with van der Waals surface area (Å²) in [6.45, 7) is 2.63. The number of amides is 1. The molecule has 2 N–H and O–H groups in total. The predicted molar refractivity (Wildman–Crippen MR) is 98.7 cm³/mol. The first-order chi connectivity index (χ1) is 11.3. The van der Waals surface area contributed by atoms with Gasteiger partial charge in [0.2, 0.25) is 5.91 Å². The zero-order valence-corrected chi connectivity index (χ0v) is 14.2. The molecule has 2 aromatic rings. The SMILES string of the molecule is O=C(NCCSCc1cccc2ccccc12)C1CCCNC1. The lowest BCUT2D eigenvalue weighted by Gasteiger charge is -2.21. The largest absolute Gasteiger partial charge is 0.355 e. The Kier molecular flexibility index (Phi) is 5.94. The normalized spacial score (nSPS) is 18.0. The van der Waals surface area contributed by atoms with Gasteiger partial charge in [-0.1, -0.05) is 42.5 Å². The van der Waals surface area contributed by atoms with Crippen LogP contribution in [0.2, 0.25) is 0 Å². The second-order valence-corrected chi connectivity index (χ2v) is 7.13. The van der Waals surface area contributed by atoms with E-state index in [0.29, 0.717) is 0 Å². The van der Waals surface area contributed by atoms with Crippen LogP contribution in [0.1, 0.15) is 18.4 Å². The summed E-state index contributed by atoms with van der Waals surface area (Å²) in [5.41, 5.74) is 1.37. The lowest BCUT2D eigenvalue weighted by molar-refractivity contribution is -0.125. The molecule has 1 fully saturated rings. The summed E-state index contributed by atoms with van der Waals surface area (Å²) < 4.78 is 0. The Bertz CT molecular complexity index is 647. The van der Waals surface area contributed by atoms with Gasteiger partial charge in [0, 0.05) is 24.6 Å². The lowest BCUT2D eigenvalue weighted by Crippen LogP contribution is -2.41. The smallest absolute Gasteiger partial charge is 0.224 e. The van der Waals surface area contributed by atoms with Gasteiger partial charge >= 0.3 is 0 Å². The molecular formula is C19H24N2OS. The van der Waals surface area contributed by atoms with Crippen molar-refractivity contribution in [2.75, 3.05) is 25.4 Å². The average Bonchev–Trinajstić information content (AvgIpc) is 2.62. The Hall–Kier alpha value is -1.52. The van der Waals surface area contributed by atoms with E-state index >= 15 is 0 Å². The van der Waals surface area contributed by atoms with E-state index in [1.807, 2.05) is 11.8 Å². The van der Waals surface area contributed by atoms with Gasteiger partial charge in [-0.2, -0.15) is 11.8 Å². The van der Waals surface area contributed by atoms with Crippen molar-refractivity contribution in [3.8, 4) is 0 Å². The summed E-state index contributed by atoms with van der Waals surface area (Å²) in [7, 11) is 0. The van der Waals surface area contributed by atoms with Crippen molar-refractivity contribution in [3.63, 3.8) is 0 Å². The molecule has 1 aliphatic rings. The lowest BCUT2D eigenvalue weighted by atomic mass is 9.99. The molecule has 1 aliphatic heterocycles. The molecule has 0 aliphatic carbocycles. The summed E-state index contributed by atoms with van der Waals surface area (Å²) in [6, 6.07) is 15.0. The summed E-state index contributed by atoms with van der Waals surface area (Å²) in [6.07, 6.45) is 2.12. The first-order valence-corrected chi connectivity index (χ1v) is 9.53. The molecule has 23 heavy (non-hydrogen) atoms. The second kappa shape index (κ2) is 8.37. The fourth-order valence-corrected chi connectivity index (χ4v) is 3.93. The Morgan fingerprint density at radius 3 is 2.96 bits per heavy atom. The highest BCUT2D eigenvalue weighted by molar-refractivity contribution is 7.98. The van der Waals surface area contributed by atoms with Gasteiger partial charge in [-0.25, -0.2) is 0 Å². The molecule has 3 rings (SSSR count). The minimum Gasteiger partial charge on any atom is -0.355 e. The monoisotopic (exact) mass is 328 g/mol. The molecule has 0 aromatic heterocycles. The predicted octanol–water partition coefficient (Wildman–Crippen LogP) is 3.19. The van der Waals surface area contributed by atoms with Crippen LogP contribution >= 0.6 is 11.8 Å². The van der Waals surface area contributed by atoms with Crippen LogP contribution in [0.4, 0.5) is 0 Å². The number of carbonyl (C=O) groups excluding carboxylic acids is 1. The van der Waals surface area contributed by atoms with Crippen molar-refractivity contribution in [3.05, 3.63) is 48.0 Å². The summed E-state index contributed by atoms with van der Waals surface area (Å²) >= 11 is 1.88. The van der Waals surface area contributed by atoms with Crippen LogP contribution in [-0.4, -0.2) is 31.3 Å². The van der Waals surface area contributed by atoms with Crippen molar-refractivity contribution in [1.82, 2.24) is 10.6 Å². The summed E-state index contributed by atoms with van der Waals surface area (Å²) in [5.74, 6) is 2.31. The second-order valence-electron chi connectivity index (χ2n) is 6.03. The first kappa shape index (κ1) is 16.3. The van der Waals surface area contributed by atoms with E-state index < -0.39 is 0 Å². The van der Waals surface area contributed by atoms with Crippen LogP contribution in [0.5, 0.6) is 0 Å². The molecule has 1 amide bonds. The highest BCUT2D eigenvalue weighted by Gasteiger charge is 2.19. The summed E-state index contributed by atoms with van der Waals surface area (Å²) in [4.78, 5) is 12.0. The number of fused-ring (bicyclic) bond motifs is 1. The molecule has 3 nitrogen and oxygen atoms in total. The van der Waals surface area contributed by atoms with E-state index in [0.717, 1.165) is 44.0 Å². The number of thioether (sulfide) groups is 1. The minimum absolute atomic E-state index is 0.159. The number of rotatable bonds is 6. The molecular weight excluding hydrogens is 304 g/mol. The van der Waals surface area contributed by atoms with Gasteiger partial charge < -0.3 is 10.6 Å². The minimum atomic E-state index is 0.159. The molecule has 1 heterocycles. The Morgan fingerprint density at radius 1 is 1.22 bits per heavy atom. The molecule has 1 atom stereocenters. The molecule has 0 spiro atoms. The first-order valence-electron chi connectivity index (χ1n) is 8.37.